The lowest BCUT2D eigenvalue weighted by Crippen LogP contribution is -2.47. The Morgan fingerprint density at radius 3 is 1.48 bits per heavy atom. The van der Waals surface area contributed by atoms with Crippen molar-refractivity contribution in [1.29, 1.82) is 0 Å². The Bertz CT molecular complexity index is 1510. The summed E-state index contributed by atoms with van der Waals surface area (Å²) in [6, 6.07) is 11.0. The molecule has 42 heavy (non-hydrogen) atoms. The molecule has 2 aromatic carbocycles. The Hall–Kier alpha value is -5.92. The highest BCUT2D eigenvalue weighted by Crippen LogP contribution is 2.08. The Morgan fingerprint density at radius 1 is 0.619 bits per heavy atom. The van der Waals surface area contributed by atoms with E-state index in [2.05, 4.69) is 51.6 Å². The first-order valence-electron chi connectivity index (χ1n) is 12.9. The summed E-state index contributed by atoms with van der Waals surface area (Å²) in [5.74, 6) is -2.11. The topological polar surface area (TPSA) is 198 Å². The van der Waals surface area contributed by atoms with E-state index in [-0.39, 0.29) is 24.0 Å². The molecule has 0 aliphatic carbocycles. The van der Waals surface area contributed by atoms with Gasteiger partial charge in [0.05, 0.1) is 25.1 Å². The third-order valence-electron chi connectivity index (χ3n) is 6.28. The Morgan fingerprint density at radius 2 is 1.07 bits per heavy atom. The first kappa shape index (κ1) is 27.6. The monoisotopic (exact) mass is 566 g/mol. The van der Waals surface area contributed by atoms with Gasteiger partial charge in [-0.25, -0.2) is 20.8 Å². The molecule has 0 fully saturated rings. The predicted octanol–water partition coefficient (Wildman–Crippen LogP) is 0.429. The smallest absolute Gasteiger partial charge is 0.263 e. The minimum atomic E-state index is -0.985. The van der Waals surface area contributed by atoms with Crippen molar-refractivity contribution in [1.82, 2.24) is 41.4 Å². The minimum Gasteiger partial charge on any atom is -0.348 e. The Kier molecular flexibility index (Phi) is 8.53. The van der Waals surface area contributed by atoms with Gasteiger partial charge in [-0.3, -0.25) is 19.2 Å². The van der Waals surface area contributed by atoms with Crippen LogP contribution in [-0.2, 0) is 22.4 Å². The number of carbonyl (C=O) groups excluding carboxylic acids is 4. The van der Waals surface area contributed by atoms with E-state index in [4.69, 9.17) is 0 Å². The van der Waals surface area contributed by atoms with Crippen LogP contribution >= 0.6 is 0 Å². The average molecular weight is 567 g/mol. The number of nitrogens with one attached hydrogen (secondary N) is 6. The van der Waals surface area contributed by atoms with E-state index in [1.165, 1.54) is 25.1 Å². The van der Waals surface area contributed by atoms with Crippen LogP contribution in [0.25, 0.3) is 0 Å². The third-order valence-corrected chi connectivity index (χ3v) is 6.28. The number of nitrogens with zero attached hydrogens (tertiary/aromatic N) is 4. The van der Waals surface area contributed by atoms with Gasteiger partial charge in [-0.15, -0.1) is 0 Å². The number of aromatic amines is 2. The van der Waals surface area contributed by atoms with Crippen molar-refractivity contribution in [2.75, 3.05) is 0 Å². The summed E-state index contributed by atoms with van der Waals surface area (Å²) in [5, 5.41) is 13.5. The summed E-state index contributed by atoms with van der Waals surface area (Å²) in [6.45, 7) is 0. The lowest BCUT2D eigenvalue weighted by Gasteiger charge is -2.17. The van der Waals surface area contributed by atoms with Gasteiger partial charge in [-0.2, -0.15) is 10.2 Å². The summed E-state index contributed by atoms with van der Waals surface area (Å²) < 4.78 is 0. The summed E-state index contributed by atoms with van der Waals surface area (Å²) in [7, 11) is 0. The van der Waals surface area contributed by atoms with Gasteiger partial charge in [0.25, 0.3) is 23.6 Å². The number of H-pyrrole nitrogens is 2. The normalized spacial score (nSPS) is 19.5. The number of hydrogen-bond donors (Lipinski definition) is 6. The first-order chi connectivity index (χ1) is 20.4. The number of hydrazone groups is 2. The largest absolute Gasteiger partial charge is 0.348 e. The van der Waals surface area contributed by atoms with Crippen molar-refractivity contribution in [3.8, 4) is 0 Å². The Labute approximate surface area is 239 Å². The number of imidazole rings is 2. The SMILES string of the molecule is O=C1N[C@@H](Cc2cnc[nH]2)C(=O)N/N=C/c2cccc(c2)C(=O)N[C@@H](Cc2cnc[nH]2)C(=O)N/N=C/c2cccc1c2. The highest BCUT2D eigenvalue weighted by atomic mass is 16.2. The van der Waals surface area contributed by atoms with Crippen LogP contribution in [0.2, 0.25) is 0 Å². The van der Waals surface area contributed by atoms with Crippen molar-refractivity contribution in [3.63, 3.8) is 0 Å². The maximum Gasteiger partial charge on any atom is 0.263 e. The quantitative estimate of drug-likeness (QED) is 0.207. The molecular weight excluding hydrogens is 540 g/mol. The minimum absolute atomic E-state index is 0.135. The van der Waals surface area contributed by atoms with Crippen LogP contribution in [0.3, 0.4) is 0 Å². The Balaban J connectivity index is 1.45. The summed E-state index contributed by atoms with van der Waals surface area (Å²) in [4.78, 5) is 66.1. The van der Waals surface area contributed by atoms with Crippen LogP contribution in [0.15, 0.2) is 83.8 Å². The molecule has 0 saturated heterocycles. The number of rotatable bonds is 4. The summed E-state index contributed by atoms with van der Waals surface area (Å²) in [6.07, 6.45) is 9.07. The molecule has 1 aliphatic heterocycles. The molecule has 5 rings (SSSR count). The van der Waals surface area contributed by atoms with Gasteiger partial charge in [0.15, 0.2) is 0 Å². The highest BCUT2D eigenvalue weighted by molar-refractivity contribution is 6.00. The summed E-state index contributed by atoms with van der Waals surface area (Å²) in [5.41, 5.74) is 7.74. The van der Waals surface area contributed by atoms with Crippen molar-refractivity contribution in [2.24, 2.45) is 10.2 Å². The van der Waals surface area contributed by atoms with E-state index in [1.54, 1.807) is 60.9 Å². The van der Waals surface area contributed by atoms with Gasteiger partial charge in [-0.1, -0.05) is 24.3 Å². The van der Waals surface area contributed by atoms with Crippen LogP contribution < -0.4 is 21.5 Å². The number of amides is 4. The van der Waals surface area contributed by atoms with Crippen molar-refractivity contribution >= 4 is 36.1 Å². The van der Waals surface area contributed by atoms with Crippen LogP contribution in [-0.4, -0.2) is 68.1 Å². The van der Waals surface area contributed by atoms with E-state index >= 15 is 0 Å². The zero-order valence-corrected chi connectivity index (χ0v) is 22.1. The van der Waals surface area contributed by atoms with Crippen LogP contribution in [0, 0.1) is 0 Å². The van der Waals surface area contributed by atoms with E-state index in [9.17, 15) is 19.2 Å². The maximum atomic E-state index is 13.1. The molecule has 0 saturated carbocycles. The molecule has 4 aromatic rings. The third kappa shape index (κ3) is 7.18. The number of fused-ring (bicyclic) bond motifs is 4. The fraction of sp³-hybridized carbons (Fsp3) is 0.143. The summed E-state index contributed by atoms with van der Waals surface area (Å²) >= 11 is 0. The predicted molar refractivity (Wildman–Crippen MR) is 151 cm³/mol. The zero-order chi connectivity index (χ0) is 29.3. The molecule has 4 amide bonds. The van der Waals surface area contributed by atoms with E-state index in [1.807, 2.05) is 0 Å². The lowest BCUT2D eigenvalue weighted by molar-refractivity contribution is -0.123. The number of aromatic nitrogens is 4. The first-order valence-corrected chi connectivity index (χ1v) is 12.9. The van der Waals surface area contributed by atoms with Crippen molar-refractivity contribution in [2.45, 2.75) is 24.9 Å². The van der Waals surface area contributed by atoms with Gasteiger partial charge < -0.3 is 20.6 Å². The van der Waals surface area contributed by atoms with Crippen LogP contribution in [0.5, 0.6) is 0 Å². The zero-order valence-electron chi connectivity index (χ0n) is 22.1. The second-order valence-corrected chi connectivity index (χ2v) is 9.33. The molecule has 0 radical (unpaired) electrons. The van der Waals surface area contributed by atoms with Gasteiger partial charge in [0.2, 0.25) is 0 Å². The number of carbonyl (C=O) groups is 4. The van der Waals surface area contributed by atoms with Crippen LogP contribution in [0.1, 0.15) is 43.2 Å². The standard InChI is InChI=1S/C28H26N10O4/c39-25-19-5-1-3-17(7-19)11-33-37-28(42)24(10-22-14-30-16-32-22)36-26(40)20-6-2-4-18(8-20)12-34-38-27(41)23(35-25)9-21-13-29-15-31-21/h1-8,11-16,23-24H,9-10H2,(H,29,31)(H,30,32)(H,35,39)(H,36,40)(H,37,42)(H,38,41)/b33-11+,34-12+/t23-,24-/m0/s1. The fourth-order valence-corrected chi connectivity index (χ4v) is 4.15. The van der Waals surface area contributed by atoms with Gasteiger partial charge in [0.1, 0.15) is 12.1 Å². The van der Waals surface area contributed by atoms with Gasteiger partial charge >= 0.3 is 0 Å². The number of benzene rings is 2. The van der Waals surface area contributed by atoms with E-state index in [0.29, 0.717) is 22.5 Å². The van der Waals surface area contributed by atoms with Crippen molar-refractivity contribution < 1.29 is 19.2 Å². The average Bonchev–Trinajstić information content (AvgIpc) is 3.71. The van der Waals surface area contributed by atoms with Gasteiger partial charge in [-0.05, 0) is 35.4 Å². The molecule has 0 unspecified atom stereocenters. The fourth-order valence-electron chi connectivity index (χ4n) is 4.15. The molecule has 14 heteroatoms. The molecule has 14 nitrogen and oxygen atoms in total. The second-order valence-electron chi connectivity index (χ2n) is 9.33. The molecule has 6 N–H and O–H groups in total. The number of hydrogen-bond acceptors (Lipinski definition) is 8. The maximum absolute atomic E-state index is 13.1. The van der Waals surface area contributed by atoms with E-state index < -0.39 is 35.7 Å². The second kappa shape index (κ2) is 13.0. The molecule has 2 atom stereocenters. The lowest BCUT2D eigenvalue weighted by atomic mass is 10.1. The molecule has 4 bridgehead atoms. The van der Waals surface area contributed by atoms with Crippen molar-refractivity contribution in [3.05, 3.63) is 107 Å². The molecular formula is C28H26N10O4. The van der Waals surface area contributed by atoms with E-state index in [0.717, 1.165) is 0 Å². The molecule has 3 heterocycles. The molecule has 212 valence electrons. The highest BCUT2D eigenvalue weighted by Gasteiger charge is 2.24. The van der Waals surface area contributed by atoms with Crippen LogP contribution in [0.4, 0.5) is 0 Å². The molecule has 1 aliphatic rings. The van der Waals surface area contributed by atoms with Gasteiger partial charge in [0, 0.05) is 47.8 Å². The molecule has 0 spiro atoms. The molecule has 2 aromatic heterocycles.